The molecule has 0 spiro atoms. The molecule has 7 nitrogen and oxygen atoms in total. The van der Waals surface area contributed by atoms with E-state index in [1.165, 1.54) is 12.7 Å². The molecular weight excluding hydrogens is 292 g/mol. The molecule has 2 aromatic heterocycles. The Morgan fingerprint density at radius 2 is 2.13 bits per heavy atom. The Kier molecular flexibility index (Phi) is 3.38. The Balaban J connectivity index is 1.62. The van der Waals surface area contributed by atoms with E-state index in [0.29, 0.717) is 5.82 Å². The van der Waals surface area contributed by atoms with E-state index in [1.54, 1.807) is 17.4 Å². The molecule has 0 amide bonds. The number of aromatic nitrogens is 3. The summed E-state index contributed by atoms with van der Waals surface area (Å²) in [6.07, 6.45) is 8.91. The van der Waals surface area contributed by atoms with Crippen LogP contribution >= 0.6 is 0 Å². The van der Waals surface area contributed by atoms with E-state index in [-0.39, 0.29) is 0 Å². The van der Waals surface area contributed by atoms with Crippen molar-refractivity contribution >= 4 is 23.5 Å². The van der Waals surface area contributed by atoms with Gasteiger partial charge >= 0.3 is 0 Å². The van der Waals surface area contributed by atoms with Crippen LogP contribution in [0.4, 0.5) is 11.6 Å². The third-order valence-electron chi connectivity index (χ3n) is 4.14. The van der Waals surface area contributed by atoms with Crippen LogP contribution in [0.25, 0.3) is 5.57 Å². The van der Waals surface area contributed by atoms with Crippen molar-refractivity contribution in [3.05, 3.63) is 48.7 Å². The van der Waals surface area contributed by atoms with Crippen molar-refractivity contribution in [2.24, 2.45) is 0 Å². The number of pyridine rings is 1. The second kappa shape index (κ2) is 5.68. The molecule has 2 aliphatic rings. The molecule has 4 heterocycles. The van der Waals surface area contributed by atoms with Crippen LogP contribution < -0.4 is 15.3 Å². The maximum absolute atomic E-state index is 11.7. The summed E-state index contributed by atoms with van der Waals surface area (Å²) < 4.78 is 0. The van der Waals surface area contributed by atoms with Gasteiger partial charge in [-0.2, -0.15) is 0 Å². The lowest BCUT2D eigenvalue weighted by molar-refractivity contribution is -0.107. The Morgan fingerprint density at radius 1 is 1.26 bits per heavy atom. The largest absolute Gasteiger partial charge is 0.356 e. The van der Waals surface area contributed by atoms with Gasteiger partial charge in [-0.05, 0) is 12.5 Å². The van der Waals surface area contributed by atoms with Crippen LogP contribution in [-0.2, 0) is 4.79 Å². The normalized spacial score (nSPS) is 19.8. The molecule has 1 unspecified atom stereocenters. The molecule has 0 saturated carbocycles. The highest BCUT2D eigenvalue weighted by atomic mass is 16.1. The summed E-state index contributed by atoms with van der Waals surface area (Å²) in [5.74, 6) is 1.57. The average molecular weight is 308 g/mol. The van der Waals surface area contributed by atoms with Gasteiger partial charge < -0.3 is 15.1 Å². The number of anilines is 2. The van der Waals surface area contributed by atoms with Gasteiger partial charge in [-0.1, -0.05) is 6.07 Å². The fraction of sp³-hybridized carbons (Fsp3) is 0.250. The molecule has 1 N–H and O–H groups in total. The lowest BCUT2D eigenvalue weighted by atomic mass is 10.0. The molecule has 1 saturated heterocycles. The van der Waals surface area contributed by atoms with E-state index < -0.39 is 6.04 Å². The molecule has 0 bridgehead atoms. The maximum Gasteiger partial charge on any atom is 0.153 e. The molecule has 2 aromatic rings. The Bertz CT molecular complexity index is 743. The highest BCUT2D eigenvalue weighted by molar-refractivity contribution is 5.89. The first-order chi connectivity index (χ1) is 11.4. The molecule has 0 aliphatic carbocycles. The first kappa shape index (κ1) is 13.7. The van der Waals surface area contributed by atoms with Crippen LogP contribution in [0.5, 0.6) is 0 Å². The van der Waals surface area contributed by atoms with Gasteiger partial charge in [-0.25, -0.2) is 9.97 Å². The molecule has 2 aliphatic heterocycles. The van der Waals surface area contributed by atoms with Gasteiger partial charge in [0.05, 0.1) is 0 Å². The molecule has 116 valence electrons. The van der Waals surface area contributed by atoms with Crippen molar-refractivity contribution in [2.75, 3.05) is 23.0 Å². The zero-order valence-electron chi connectivity index (χ0n) is 12.5. The average Bonchev–Trinajstić information content (AvgIpc) is 2.98. The van der Waals surface area contributed by atoms with E-state index in [2.05, 4.69) is 25.3 Å². The number of rotatable bonds is 4. The van der Waals surface area contributed by atoms with Crippen LogP contribution in [0.2, 0.25) is 0 Å². The van der Waals surface area contributed by atoms with Crippen molar-refractivity contribution in [1.29, 1.82) is 0 Å². The number of hydrogen-bond acceptors (Lipinski definition) is 7. The van der Waals surface area contributed by atoms with E-state index in [4.69, 9.17) is 0 Å². The lowest BCUT2D eigenvalue weighted by Gasteiger charge is -2.32. The summed E-state index contributed by atoms with van der Waals surface area (Å²) in [5.41, 5.74) is 4.91. The fourth-order valence-electron chi connectivity index (χ4n) is 2.76. The van der Waals surface area contributed by atoms with Crippen molar-refractivity contribution < 1.29 is 4.79 Å². The van der Waals surface area contributed by atoms with E-state index in [9.17, 15) is 4.79 Å². The highest BCUT2D eigenvalue weighted by Gasteiger charge is 2.30. The molecular formula is C16H16N6O. The summed E-state index contributed by atoms with van der Waals surface area (Å²) in [6, 6.07) is 5.25. The summed E-state index contributed by atoms with van der Waals surface area (Å²) in [4.78, 5) is 26.6. The van der Waals surface area contributed by atoms with Gasteiger partial charge in [0.15, 0.2) is 5.82 Å². The van der Waals surface area contributed by atoms with Crippen LogP contribution in [0, 0.1) is 0 Å². The minimum Gasteiger partial charge on any atom is -0.356 e. The van der Waals surface area contributed by atoms with Gasteiger partial charge in [-0.15, -0.1) is 0 Å². The molecule has 0 radical (unpaired) electrons. The zero-order valence-corrected chi connectivity index (χ0v) is 12.5. The quantitative estimate of drug-likeness (QED) is 0.845. The molecule has 4 rings (SSSR count). The van der Waals surface area contributed by atoms with Gasteiger partial charge in [0, 0.05) is 48.9 Å². The van der Waals surface area contributed by atoms with Crippen molar-refractivity contribution in [3.8, 4) is 0 Å². The van der Waals surface area contributed by atoms with Crippen LogP contribution in [0.15, 0.2) is 43.1 Å². The zero-order chi connectivity index (χ0) is 15.6. The Labute approximate surface area is 133 Å². The van der Waals surface area contributed by atoms with E-state index >= 15 is 0 Å². The number of aldehydes is 1. The van der Waals surface area contributed by atoms with Crippen LogP contribution in [-0.4, -0.2) is 40.4 Å². The first-order valence-electron chi connectivity index (χ1n) is 7.55. The van der Waals surface area contributed by atoms with E-state index in [1.807, 2.05) is 24.4 Å². The predicted octanol–water partition coefficient (Wildman–Crippen LogP) is 1.01. The van der Waals surface area contributed by atoms with Crippen molar-refractivity contribution in [3.63, 3.8) is 0 Å². The monoisotopic (exact) mass is 308 g/mol. The number of carbonyl (C=O) groups is 1. The minimum atomic E-state index is -0.446. The van der Waals surface area contributed by atoms with Gasteiger partial charge in [0.1, 0.15) is 24.5 Å². The number of hydrazine groups is 1. The fourth-order valence-corrected chi connectivity index (χ4v) is 2.76. The standard InChI is InChI=1S/C16H16N6O/c23-10-14-13(12-3-1-4-17-8-12)9-20-22(14)16-7-15(18-11-19-16)21-5-2-6-21/h1,3-4,7-11,14,20H,2,5-6H2. The van der Waals surface area contributed by atoms with Crippen molar-refractivity contribution in [2.45, 2.75) is 12.5 Å². The summed E-state index contributed by atoms with van der Waals surface area (Å²) in [7, 11) is 0. The summed E-state index contributed by atoms with van der Waals surface area (Å²) >= 11 is 0. The second-order valence-corrected chi connectivity index (χ2v) is 5.50. The van der Waals surface area contributed by atoms with E-state index in [0.717, 1.165) is 36.3 Å². The summed E-state index contributed by atoms with van der Waals surface area (Å²) in [6.45, 7) is 2.03. The number of hydrogen-bond donors (Lipinski definition) is 1. The SMILES string of the molecule is O=CC1C(c2cccnc2)=CNN1c1cc(N2CCC2)ncn1. The maximum atomic E-state index is 11.7. The third kappa shape index (κ3) is 2.40. The van der Waals surface area contributed by atoms with Crippen LogP contribution in [0.1, 0.15) is 12.0 Å². The van der Waals surface area contributed by atoms with Crippen LogP contribution in [0.3, 0.4) is 0 Å². The Hall–Kier alpha value is -2.96. The smallest absolute Gasteiger partial charge is 0.153 e. The lowest BCUT2D eigenvalue weighted by Crippen LogP contribution is -2.41. The minimum absolute atomic E-state index is 0.446. The topological polar surface area (TPSA) is 74.2 Å². The molecule has 0 aromatic carbocycles. The van der Waals surface area contributed by atoms with Crippen molar-refractivity contribution in [1.82, 2.24) is 20.4 Å². The van der Waals surface area contributed by atoms with Gasteiger partial charge in [-0.3, -0.25) is 9.99 Å². The van der Waals surface area contributed by atoms with Gasteiger partial charge in [0.25, 0.3) is 0 Å². The number of nitrogens with zero attached hydrogens (tertiary/aromatic N) is 5. The first-order valence-corrected chi connectivity index (χ1v) is 7.55. The predicted molar refractivity (Wildman–Crippen MR) is 86.5 cm³/mol. The number of carbonyl (C=O) groups excluding carboxylic acids is 1. The highest BCUT2D eigenvalue weighted by Crippen LogP contribution is 2.29. The molecule has 7 heteroatoms. The Morgan fingerprint density at radius 3 is 2.83 bits per heavy atom. The molecule has 1 fully saturated rings. The molecule has 1 atom stereocenters. The summed E-state index contributed by atoms with van der Waals surface area (Å²) in [5, 5.41) is 1.75. The second-order valence-electron chi connectivity index (χ2n) is 5.50. The third-order valence-corrected chi connectivity index (χ3v) is 4.14. The number of nitrogens with one attached hydrogen (secondary N) is 1. The molecule has 23 heavy (non-hydrogen) atoms. The van der Waals surface area contributed by atoms with Gasteiger partial charge in [0.2, 0.25) is 0 Å².